The molecule has 0 fully saturated rings. The predicted octanol–water partition coefficient (Wildman–Crippen LogP) is 3.46. The molecule has 0 atom stereocenters. The zero-order valence-electron chi connectivity index (χ0n) is 13.7. The molecule has 2 aliphatic rings. The second kappa shape index (κ2) is 6.82. The molecule has 0 unspecified atom stereocenters. The van der Waals surface area contributed by atoms with Crippen LogP contribution in [0.5, 0.6) is 5.75 Å². The number of carbonyl (C=O) groups excluding carboxylic acids is 1. The summed E-state index contributed by atoms with van der Waals surface area (Å²) in [4.78, 5) is 15.4. The van der Waals surface area contributed by atoms with E-state index in [0.29, 0.717) is 6.42 Å². The molecule has 0 radical (unpaired) electrons. The number of pyridine rings is 1. The van der Waals surface area contributed by atoms with Crippen molar-refractivity contribution in [3.8, 4) is 5.75 Å². The highest BCUT2D eigenvalue weighted by Gasteiger charge is 2.15. The van der Waals surface area contributed by atoms with Crippen molar-refractivity contribution < 1.29 is 9.53 Å². The summed E-state index contributed by atoms with van der Waals surface area (Å²) in [5.74, 6) is 1.91. The predicted molar refractivity (Wildman–Crippen MR) is 90.9 cm³/mol. The first-order chi connectivity index (χ1) is 11.2. The molecule has 120 valence electrons. The van der Waals surface area contributed by atoms with Crippen molar-refractivity contribution in [1.82, 2.24) is 4.98 Å². The maximum atomic E-state index is 11.1. The highest BCUT2D eigenvalue weighted by molar-refractivity contribution is 5.92. The first-order valence-electron chi connectivity index (χ1n) is 8.16. The Morgan fingerprint density at radius 3 is 2.83 bits per heavy atom. The van der Waals surface area contributed by atoms with Crippen LogP contribution in [0.15, 0.2) is 30.3 Å². The van der Waals surface area contributed by atoms with Crippen LogP contribution in [0.2, 0.25) is 0 Å². The van der Waals surface area contributed by atoms with Crippen LogP contribution in [-0.2, 0) is 24.1 Å². The lowest BCUT2D eigenvalue weighted by atomic mass is 10.1. The fourth-order valence-electron chi connectivity index (χ4n) is 2.79. The number of ether oxygens (including phenoxy) is 1. The Labute approximate surface area is 136 Å². The van der Waals surface area contributed by atoms with Crippen LogP contribution >= 0.6 is 0 Å². The molecule has 4 rings (SSSR count). The van der Waals surface area contributed by atoms with E-state index >= 15 is 0 Å². The Morgan fingerprint density at radius 2 is 2.00 bits per heavy atom. The molecule has 4 nitrogen and oxygen atoms in total. The largest absolute Gasteiger partial charge is 0.493 e. The molecule has 3 heterocycles. The fraction of sp³-hybridized carbons (Fsp3) is 0.368. The molecule has 0 saturated heterocycles. The standard InChI is InChI=1S/C10H12N2O.C9H10O/c1-2-8-5-3-7-4-6-9(13)12-10(7)11-8;1-7-2-3-9-8(6-7)4-5-10-9/h3,5H,2,4,6H2,1H3,(H,11,12,13);2-3,6H,4-5H2,1H3. The van der Waals surface area contributed by atoms with Gasteiger partial charge in [-0.15, -0.1) is 0 Å². The van der Waals surface area contributed by atoms with E-state index in [-0.39, 0.29) is 5.91 Å². The number of rotatable bonds is 1. The Bertz CT molecular complexity index is 725. The number of nitrogens with one attached hydrogen (secondary N) is 1. The van der Waals surface area contributed by atoms with Crippen LogP contribution < -0.4 is 10.1 Å². The van der Waals surface area contributed by atoms with Gasteiger partial charge in [0.2, 0.25) is 5.91 Å². The topological polar surface area (TPSA) is 51.2 Å². The Morgan fingerprint density at radius 1 is 1.13 bits per heavy atom. The molecule has 1 aromatic heterocycles. The normalized spacial score (nSPS) is 14.8. The van der Waals surface area contributed by atoms with Crippen molar-refractivity contribution in [3.63, 3.8) is 0 Å². The summed E-state index contributed by atoms with van der Waals surface area (Å²) in [6.45, 7) is 5.02. The van der Waals surface area contributed by atoms with Gasteiger partial charge in [0.1, 0.15) is 11.6 Å². The molecule has 0 aliphatic carbocycles. The molecule has 1 aromatic carbocycles. The Kier molecular flexibility index (Phi) is 4.60. The first-order valence-corrected chi connectivity index (χ1v) is 8.16. The number of nitrogens with zero attached hydrogens (tertiary/aromatic N) is 1. The molecule has 1 N–H and O–H groups in total. The minimum absolute atomic E-state index is 0.0771. The number of aromatic nitrogens is 1. The minimum Gasteiger partial charge on any atom is -0.493 e. The molecule has 2 aliphatic heterocycles. The van der Waals surface area contributed by atoms with Gasteiger partial charge >= 0.3 is 0 Å². The molecule has 1 amide bonds. The van der Waals surface area contributed by atoms with Crippen molar-refractivity contribution in [2.75, 3.05) is 11.9 Å². The van der Waals surface area contributed by atoms with Crippen molar-refractivity contribution in [1.29, 1.82) is 0 Å². The van der Waals surface area contributed by atoms with Gasteiger partial charge in [-0.05, 0) is 43.0 Å². The van der Waals surface area contributed by atoms with Gasteiger partial charge in [0.05, 0.1) is 6.61 Å². The van der Waals surface area contributed by atoms with Gasteiger partial charge in [0.15, 0.2) is 0 Å². The van der Waals surface area contributed by atoms with E-state index in [9.17, 15) is 4.79 Å². The monoisotopic (exact) mass is 310 g/mol. The molecule has 0 saturated carbocycles. The smallest absolute Gasteiger partial charge is 0.225 e. The van der Waals surface area contributed by atoms with Crippen molar-refractivity contribution in [2.45, 2.75) is 39.5 Å². The zero-order chi connectivity index (χ0) is 16.2. The van der Waals surface area contributed by atoms with Gasteiger partial charge in [-0.25, -0.2) is 4.98 Å². The number of hydrogen-bond acceptors (Lipinski definition) is 3. The number of aryl methyl sites for hydroxylation is 3. The van der Waals surface area contributed by atoms with E-state index in [1.807, 2.05) is 6.07 Å². The molecular formula is C19H22N2O2. The van der Waals surface area contributed by atoms with Gasteiger partial charge in [0.25, 0.3) is 0 Å². The van der Waals surface area contributed by atoms with Gasteiger partial charge < -0.3 is 10.1 Å². The average Bonchev–Trinajstić information content (AvgIpc) is 3.02. The number of benzene rings is 1. The van der Waals surface area contributed by atoms with Crippen molar-refractivity contribution in [3.05, 3.63) is 52.7 Å². The first kappa shape index (κ1) is 15.5. The van der Waals surface area contributed by atoms with Crippen LogP contribution in [-0.4, -0.2) is 17.5 Å². The lowest BCUT2D eigenvalue weighted by Gasteiger charge is -2.15. The molecule has 2 aromatic rings. The van der Waals surface area contributed by atoms with Crippen LogP contribution in [0.3, 0.4) is 0 Å². The molecule has 23 heavy (non-hydrogen) atoms. The fourth-order valence-corrected chi connectivity index (χ4v) is 2.79. The summed E-state index contributed by atoms with van der Waals surface area (Å²) in [5.41, 5.74) is 4.86. The minimum atomic E-state index is 0.0771. The number of carbonyl (C=O) groups is 1. The lowest BCUT2D eigenvalue weighted by Crippen LogP contribution is -2.20. The Hall–Kier alpha value is -2.36. The SMILES string of the molecule is CCc1ccc2c(n1)NC(=O)CC2.Cc1ccc2c(c1)CCO2. The maximum absolute atomic E-state index is 11.1. The van der Waals surface area contributed by atoms with E-state index in [0.717, 1.165) is 48.7 Å². The van der Waals surface area contributed by atoms with Gasteiger partial charge in [0, 0.05) is 18.5 Å². The van der Waals surface area contributed by atoms with Gasteiger partial charge in [-0.2, -0.15) is 0 Å². The Balaban J connectivity index is 0.000000140. The van der Waals surface area contributed by atoms with E-state index < -0.39 is 0 Å². The summed E-state index contributed by atoms with van der Waals surface area (Å²) in [6, 6.07) is 10.4. The third kappa shape index (κ3) is 3.70. The second-order valence-corrected chi connectivity index (χ2v) is 5.92. The molecule has 4 heteroatoms. The number of amides is 1. The third-order valence-corrected chi connectivity index (χ3v) is 4.12. The van der Waals surface area contributed by atoms with Crippen molar-refractivity contribution >= 4 is 11.7 Å². The van der Waals surface area contributed by atoms with Crippen LogP contribution in [0.1, 0.15) is 35.7 Å². The maximum Gasteiger partial charge on any atom is 0.225 e. The molecular weight excluding hydrogens is 288 g/mol. The molecule has 0 spiro atoms. The highest BCUT2D eigenvalue weighted by atomic mass is 16.5. The summed E-state index contributed by atoms with van der Waals surface area (Å²) in [7, 11) is 0. The third-order valence-electron chi connectivity index (χ3n) is 4.12. The quantitative estimate of drug-likeness (QED) is 0.877. The van der Waals surface area contributed by atoms with Crippen LogP contribution in [0.25, 0.3) is 0 Å². The summed E-state index contributed by atoms with van der Waals surface area (Å²) < 4.78 is 5.35. The van der Waals surface area contributed by atoms with Crippen LogP contribution in [0, 0.1) is 6.92 Å². The number of anilines is 1. The second-order valence-electron chi connectivity index (χ2n) is 5.92. The number of hydrogen-bond donors (Lipinski definition) is 1. The van der Waals surface area contributed by atoms with E-state index in [1.54, 1.807) is 0 Å². The van der Waals surface area contributed by atoms with Crippen LogP contribution in [0.4, 0.5) is 5.82 Å². The van der Waals surface area contributed by atoms with E-state index in [2.05, 4.69) is 48.4 Å². The summed E-state index contributed by atoms with van der Waals surface area (Å²) >= 11 is 0. The summed E-state index contributed by atoms with van der Waals surface area (Å²) in [6.07, 6.45) is 3.39. The van der Waals surface area contributed by atoms with Gasteiger partial charge in [-0.1, -0.05) is 30.7 Å². The lowest BCUT2D eigenvalue weighted by molar-refractivity contribution is -0.116. The summed E-state index contributed by atoms with van der Waals surface area (Å²) in [5, 5.41) is 2.78. The highest BCUT2D eigenvalue weighted by Crippen LogP contribution is 2.25. The van der Waals surface area contributed by atoms with E-state index in [4.69, 9.17) is 4.74 Å². The number of fused-ring (bicyclic) bond motifs is 2. The van der Waals surface area contributed by atoms with E-state index in [1.165, 1.54) is 11.1 Å². The van der Waals surface area contributed by atoms with Gasteiger partial charge in [-0.3, -0.25) is 4.79 Å². The average molecular weight is 310 g/mol. The zero-order valence-corrected chi connectivity index (χ0v) is 13.7. The molecule has 0 bridgehead atoms. The van der Waals surface area contributed by atoms with Crippen molar-refractivity contribution in [2.24, 2.45) is 0 Å².